The molecule has 0 aromatic carbocycles. The first-order valence-corrected chi connectivity index (χ1v) is 2.80. The SMILES string of the molecule is [CH2]C(=O)OC(=O)CCC(=O)O. The minimum absolute atomic E-state index is 0.309. The molecule has 0 aromatic heterocycles. The first-order chi connectivity index (χ1) is 5.02. The predicted molar refractivity (Wildman–Crippen MR) is 33.3 cm³/mol. The van der Waals surface area contributed by atoms with Crippen molar-refractivity contribution in [3.63, 3.8) is 0 Å². The van der Waals surface area contributed by atoms with Gasteiger partial charge in [-0.15, -0.1) is 0 Å². The van der Waals surface area contributed by atoms with Crippen molar-refractivity contribution in [2.75, 3.05) is 0 Å². The number of esters is 2. The molecule has 0 aliphatic heterocycles. The Morgan fingerprint density at radius 2 is 1.82 bits per heavy atom. The standard InChI is InChI=1S/C6H7O5/c1-4(7)11-6(10)3-2-5(8)9/h1-3H2,(H,8,9). The van der Waals surface area contributed by atoms with Crippen molar-refractivity contribution in [1.82, 2.24) is 0 Å². The summed E-state index contributed by atoms with van der Waals surface area (Å²) in [5.74, 6) is -2.95. The largest absolute Gasteiger partial charge is 0.481 e. The zero-order chi connectivity index (χ0) is 8.85. The third kappa shape index (κ3) is 6.50. The molecule has 0 bridgehead atoms. The maximum atomic E-state index is 10.4. The fourth-order valence-corrected chi connectivity index (χ4v) is 0.387. The van der Waals surface area contributed by atoms with Gasteiger partial charge in [0, 0.05) is 0 Å². The van der Waals surface area contributed by atoms with E-state index < -0.39 is 17.9 Å². The van der Waals surface area contributed by atoms with Crippen LogP contribution >= 0.6 is 0 Å². The summed E-state index contributed by atoms with van der Waals surface area (Å²) in [5.41, 5.74) is 0. The smallest absolute Gasteiger partial charge is 0.314 e. The second-order valence-corrected chi connectivity index (χ2v) is 1.74. The van der Waals surface area contributed by atoms with Gasteiger partial charge in [-0.2, -0.15) is 0 Å². The number of carboxylic acids is 1. The topological polar surface area (TPSA) is 80.7 Å². The van der Waals surface area contributed by atoms with Gasteiger partial charge in [0.05, 0.1) is 19.8 Å². The Morgan fingerprint density at radius 3 is 2.18 bits per heavy atom. The molecule has 61 valence electrons. The van der Waals surface area contributed by atoms with E-state index in [0.717, 1.165) is 0 Å². The maximum absolute atomic E-state index is 10.4. The fraction of sp³-hybridized carbons (Fsp3) is 0.333. The molecule has 0 atom stereocenters. The summed E-state index contributed by atoms with van der Waals surface area (Å²) < 4.78 is 3.95. The van der Waals surface area contributed by atoms with Crippen molar-refractivity contribution in [2.24, 2.45) is 0 Å². The molecule has 11 heavy (non-hydrogen) atoms. The van der Waals surface area contributed by atoms with Crippen LogP contribution in [0.15, 0.2) is 0 Å². The number of hydrogen-bond acceptors (Lipinski definition) is 4. The number of hydrogen-bond donors (Lipinski definition) is 1. The summed E-state index contributed by atoms with van der Waals surface area (Å²) in [6.45, 7) is 2.78. The Bertz CT molecular complexity index is 183. The van der Waals surface area contributed by atoms with Crippen molar-refractivity contribution in [2.45, 2.75) is 12.8 Å². The third-order valence-electron chi connectivity index (χ3n) is 0.771. The predicted octanol–water partition coefficient (Wildman–Crippen LogP) is -0.245. The maximum Gasteiger partial charge on any atom is 0.314 e. The first kappa shape index (κ1) is 9.61. The van der Waals surface area contributed by atoms with Crippen LogP contribution in [0.25, 0.3) is 0 Å². The third-order valence-corrected chi connectivity index (χ3v) is 0.771. The molecule has 0 rings (SSSR count). The van der Waals surface area contributed by atoms with Crippen molar-refractivity contribution in [3.8, 4) is 0 Å². The monoisotopic (exact) mass is 159 g/mol. The lowest BCUT2D eigenvalue weighted by Gasteiger charge is -1.95. The molecular formula is C6H7O5. The van der Waals surface area contributed by atoms with Gasteiger partial charge in [-0.25, -0.2) is 0 Å². The summed E-state index contributed by atoms with van der Waals surface area (Å²) in [5, 5.41) is 8.09. The quantitative estimate of drug-likeness (QED) is 0.453. The second kappa shape index (κ2) is 4.43. The molecule has 5 nitrogen and oxygen atoms in total. The number of rotatable bonds is 3. The Balaban J connectivity index is 3.53. The number of carbonyl (C=O) groups is 3. The molecule has 0 unspecified atom stereocenters. The lowest BCUT2D eigenvalue weighted by atomic mass is 10.3. The van der Waals surface area contributed by atoms with Gasteiger partial charge in [0.25, 0.3) is 0 Å². The Hall–Kier alpha value is -1.39. The molecule has 0 saturated heterocycles. The Kier molecular flexibility index (Phi) is 3.87. The summed E-state index contributed by atoms with van der Waals surface area (Å²) in [6, 6.07) is 0. The molecule has 0 aliphatic carbocycles. The van der Waals surface area contributed by atoms with Crippen LogP contribution in [-0.2, 0) is 19.1 Å². The number of carboxylic acid groups (broad SMARTS) is 1. The second-order valence-electron chi connectivity index (χ2n) is 1.74. The Morgan fingerprint density at radius 1 is 1.27 bits per heavy atom. The van der Waals surface area contributed by atoms with Gasteiger partial charge >= 0.3 is 17.9 Å². The van der Waals surface area contributed by atoms with Gasteiger partial charge in [0.1, 0.15) is 0 Å². The van der Waals surface area contributed by atoms with Crippen molar-refractivity contribution < 1.29 is 24.2 Å². The summed E-state index contributed by atoms with van der Waals surface area (Å²) in [6.07, 6.45) is -0.650. The van der Waals surface area contributed by atoms with E-state index in [1.165, 1.54) is 0 Å². The van der Waals surface area contributed by atoms with E-state index in [0.29, 0.717) is 0 Å². The van der Waals surface area contributed by atoms with Crippen LogP contribution in [0, 0.1) is 6.92 Å². The van der Waals surface area contributed by atoms with Gasteiger partial charge in [-0.3, -0.25) is 14.4 Å². The fourth-order valence-electron chi connectivity index (χ4n) is 0.387. The highest BCUT2D eigenvalue weighted by molar-refractivity contribution is 5.88. The van der Waals surface area contributed by atoms with E-state index in [9.17, 15) is 14.4 Å². The van der Waals surface area contributed by atoms with E-state index in [4.69, 9.17) is 5.11 Å². The summed E-state index contributed by atoms with van der Waals surface area (Å²) in [7, 11) is 0. The molecule has 1 N–H and O–H groups in total. The molecule has 0 fully saturated rings. The highest BCUT2D eigenvalue weighted by Crippen LogP contribution is 1.92. The van der Waals surface area contributed by atoms with Gasteiger partial charge in [-0.05, 0) is 0 Å². The summed E-state index contributed by atoms with van der Waals surface area (Å²) in [4.78, 5) is 30.3. The normalized spacial score (nSPS) is 8.82. The van der Waals surface area contributed by atoms with Crippen LogP contribution in [0.1, 0.15) is 12.8 Å². The molecule has 0 heterocycles. The number of carbonyl (C=O) groups excluding carboxylic acids is 2. The minimum Gasteiger partial charge on any atom is -0.481 e. The lowest BCUT2D eigenvalue weighted by Crippen LogP contribution is -2.10. The lowest BCUT2D eigenvalue weighted by molar-refractivity contribution is -0.158. The van der Waals surface area contributed by atoms with Crippen LogP contribution in [0.5, 0.6) is 0 Å². The van der Waals surface area contributed by atoms with Crippen molar-refractivity contribution >= 4 is 17.9 Å². The molecule has 0 aliphatic rings. The van der Waals surface area contributed by atoms with Crippen molar-refractivity contribution in [1.29, 1.82) is 0 Å². The minimum atomic E-state index is -1.11. The van der Waals surface area contributed by atoms with E-state index in [2.05, 4.69) is 11.7 Å². The van der Waals surface area contributed by atoms with Gasteiger partial charge < -0.3 is 9.84 Å². The average Bonchev–Trinajstić information content (AvgIpc) is 1.82. The zero-order valence-electron chi connectivity index (χ0n) is 5.70. The molecule has 5 heteroatoms. The summed E-state index contributed by atoms with van der Waals surface area (Å²) >= 11 is 0. The highest BCUT2D eigenvalue weighted by atomic mass is 16.6. The highest BCUT2D eigenvalue weighted by Gasteiger charge is 2.07. The molecular weight excluding hydrogens is 152 g/mol. The molecule has 1 radical (unpaired) electrons. The molecule has 0 aromatic rings. The Labute approximate surface area is 63.0 Å². The van der Waals surface area contributed by atoms with Crippen molar-refractivity contribution in [3.05, 3.63) is 6.92 Å². The van der Waals surface area contributed by atoms with E-state index in [-0.39, 0.29) is 12.8 Å². The van der Waals surface area contributed by atoms with Crippen LogP contribution in [0.2, 0.25) is 0 Å². The van der Waals surface area contributed by atoms with Gasteiger partial charge in [0.2, 0.25) is 0 Å². The molecule has 0 amide bonds. The van der Waals surface area contributed by atoms with E-state index >= 15 is 0 Å². The van der Waals surface area contributed by atoms with Crippen LogP contribution < -0.4 is 0 Å². The average molecular weight is 159 g/mol. The first-order valence-electron chi connectivity index (χ1n) is 2.80. The van der Waals surface area contributed by atoms with Gasteiger partial charge in [0.15, 0.2) is 0 Å². The number of ether oxygens (including phenoxy) is 1. The van der Waals surface area contributed by atoms with E-state index in [1.54, 1.807) is 0 Å². The van der Waals surface area contributed by atoms with E-state index in [1.807, 2.05) is 0 Å². The zero-order valence-corrected chi connectivity index (χ0v) is 5.70. The van der Waals surface area contributed by atoms with Crippen LogP contribution in [-0.4, -0.2) is 23.0 Å². The van der Waals surface area contributed by atoms with Gasteiger partial charge in [-0.1, -0.05) is 0 Å². The molecule has 0 spiro atoms. The molecule has 0 saturated carbocycles. The van der Waals surface area contributed by atoms with Crippen LogP contribution in [0.3, 0.4) is 0 Å². The number of aliphatic carboxylic acids is 1. The van der Waals surface area contributed by atoms with Crippen LogP contribution in [0.4, 0.5) is 0 Å².